The van der Waals surface area contributed by atoms with Crippen molar-refractivity contribution < 1.29 is 22.7 Å². The van der Waals surface area contributed by atoms with Gasteiger partial charge in [0.15, 0.2) is 17.4 Å². The lowest BCUT2D eigenvalue weighted by molar-refractivity contribution is -0.137. The summed E-state index contributed by atoms with van der Waals surface area (Å²) in [4.78, 5) is 18.6. The van der Waals surface area contributed by atoms with Crippen molar-refractivity contribution in [3.05, 3.63) is 42.2 Å². The number of carbonyl (C=O) groups excluding carboxylic acids is 1. The highest BCUT2D eigenvalue weighted by atomic mass is 19.4. The second-order valence-electron chi connectivity index (χ2n) is 4.31. The van der Waals surface area contributed by atoms with Crippen molar-refractivity contribution in [2.45, 2.75) is 13.1 Å². The molecule has 1 aromatic carbocycles. The Morgan fingerprint density at radius 2 is 1.90 bits per heavy atom. The average Bonchev–Trinajstić information content (AvgIpc) is 2.45. The molecule has 7 heteroatoms. The fraction of sp³-hybridized carbons (Fsp3) is 0.214. The van der Waals surface area contributed by atoms with Gasteiger partial charge >= 0.3 is 6.18 Å². The van der Waals surface area contributed by atoms with E-state index in [1.54, 1.807) is 0 Å². The fourth-order valence-corrected chi connectivity index (χ4v) is 1.56. The van der Waals surface area contributed by atoms with E-state index >= 15 is 0 Å². The van der Waals surface area contributed by atoms with E-state index in [1.807, 2.05) is 0 Å². The van der Waals surface area contributed by atoms with Gasteiger partial charge in [-0.05, 0) is 19.1 Å². The third-order valence-corrected chi connectivity index (χ3v) is 2.52. The second-order valence-corrected chi connectivity index (χ2v) is 4.31. The van der Waals surface area contributed by atoms with Crippen LogP contribution in [0.25, 0.3) is 11.4 Å². The van der Waals surface area contributed by atoms with E-state index in [-0.39, 0.29) is 29.5 Å². The van der Waals surface area contributed by atoms with Gasteiger partial charge in [0.25, 0.3) is 0 Å². The second kappa shape index (κ2) is 5.90. The predicted octanol–water partition coefficient (Wildman–Crippen LogP) is 3.13. The summed E-state index contributed by atoms with van der Waals surface area (Å²) in [6, 6.07) is 4.74. The maximum Gasteiger partial charge on any atom is 0.416 e. The zero-order valence-corrected chi connectivity index (χ0v) is 11.0. The molecule has 0 saturated carbocycles. The summed E-state index contributed by atoms with van der Waals surface area (Å²) in [6.07, 6.45) is -1.79. The molecule has 0 unspecified atom stereocenters. The number of aromatic nitrogens is 2. The van der Waals surface area contributed by atoms with Gasteiger partial charge < -0.3 is 4.74 Å². The van der Waals surface area contributed by atoms with Crippen LogP contribution >= 0.6 is 0 Å². The van der Waals surface area contributed by atoms with Crippen molar-refractivity contribution >= 4 is 5.78 Å². The Kier molecular flexibility index (Phi) is 4.21. The summed E-state index contributed by atoms with van der Waals surface area (Å²) < 4.78 is 43.0. The van der Waals surface area contributed by atoms with Crippen LogP contribution in [-0.2, 0) is 11.0 Å². The van der Waals surface area contributed by atoms with Gasteiger partial charge in [0.1, 0.15) is 6.61 Å². The Balaban J connectivity index is 2.21. The number of alkyl halides is 3. The van der Waals surface area contributed by atoms with E-state index in [0.717, 1.165) is 12.1 Å². The molecule has 0 aliphatic heterocycles. The number of hydrogen-bond donors (Lipinski definition) is 0. The van der Waals surface area contributed by atoms with Crippen LogP contribution in [0.4, 0.5) is 13.2 Å². The Morgan fingerprint density at radius 3 is 2.48 bits per heavy atom. The number of ketones is 1. The smallest absolute Gasteiger partial charge is 0.416 e. The molecule has 0 radical (unpaired) electrons. The number of Topliss-reactive ketones (excluding diaryl/α,β-unsaturated/α-hetero) is 1. The standard InChI is InChI=1S/C14H11F3N2O2/c1-9(20)8-21-12-6-18-13(19-7-12)10-3-2-4-11(5-10)14(15,16)17/h2-7H,8H2,1H3. The van der Waals surface area contributed by atoms with Gasteiger partial charge in [-0.1, -0.05) is 12.1 Å². The van der Waals surface area contributed by atoms with Crippen molar-refractivity contribution in [1.29, 1.82) is 0 Å². The van der Waals surface area contributed by atoms with Crippen LogP contribution in [0.15, 0.2) is 36.7 Å². The van der Waals surface area contributed by atoms with E-state index in [9.17, 15) is 18.0 Å². The molecule has 4 nitrogen and oxygen atoms in total. The number of carbonyl (C=O) groups is 1. The first-order chi connectivity index (χ1) is 9.86. The molecule has 0 spiro atoms. The molecule has 21 heavy (non-hydrogen) atoms. The van der Waals surface area contributed by atoms with Gasteiger partial charge in [-0.25, -0.2) is 9.97 Å². The van der Waals surface area contributed by atoms with Gasteiger partial charge in [0.05, 0.1) is 18.0 Å². The summed E-state index contributed by atoms with van der Waals surface area (Å²) in [5.74, 6) is 0.272. The third kappa shape index (κ3) is 4.01. The van der Waals surface area contributed by atoms with Gasteiger partial charge in [0.2, 0.25) is 0 Å². The normalized spacial score (nSPS) is 11.2. The highest BCUT2D eigenvalue weighted by Gasteiger charge is 2.30. The maximum absolute atomic E-state index is 12.6. The summed E-state index contributed by atoms with van der Waals surface area (Å²) in [5, 5.41) is 0. The number of rotatable bonds is 4. The molecule has 2 rings (SSSR count). The number of hydrogen-bond acceptors (Lipinski definition) is 4. The summed E-state index contributed by atoms with van der Waals surface area (Å²) >= 11 is 0. The van der Waals surface area contributed by atoms with Gasteiger partial charge in [-0.3, -0.25) is 4.79 Å². The molecule has 110 valence electrons. The van der Waals surface area contributed by atoms with Crippen LogP contribution in [0.1, 0.15) is 12.5 Å². The molecular formula is C14H11F3N2O2. The predicted molar refractivity (Wildman–Crippen MR) is 68.6 cm³/mol. The molecule has 2 aromatic rings. The average molecular weight is 296 g/mol. The first kappa shape index (κ1) is 15.0. The van der Waals surface area contributed by atoms with Gasteiger partial charge in [0, 0.05) is 5.56 Å². The van der Waals surface area contributed by atoms with Gasteiger partial charge in [-0.2, -0.15) is 13.2 Å². The Morgan fingerprint density at radius 1 is 1.24 bits per heavy atom. The monoisotopic (exact) mass is 296 g/mol. The molecule has 0 saturated heterocycles. The minimum atomic E-state index is -4.42. The Bertz CT molecular complexity index is 639. The van der Waals surface area contributed by atoms with Crippen LogP contribution in [-0.4, -0.2) is 22.4 Å². The van der Waals surface area contributed by atoms with E-state index in [0.29, 0.717) is 0 Å². The van der Waals surface area contributed by atoms with E-state index in [4.69, 9.17) is 4.74 Å². The molecule has 0 amide bonds. The molecular weight excluding hydrogens is 285 g/mol. The van der Waals surface area contributed by atoms with Crippen LogP contribution in [0.2, 0.25) is 0 Å². The lowest BCUT2D eigenvalue weighted by Crippen LogP contribution is -2.07. The summed E-state index contributed by atoms with van der Waals surface area (Å²) in [5.41, 5.74) is -0.511. The SMILES string of the molecule is CC(=O)COc1cnc(-c2cccc(C(F)(F)F)c2)nc1. The van der Waals surface area contributed by atoms with Crippen molar-refractivity contribution in [2.75, 3.05) is 6.61 Å². The van der Waals surface area contributed by atoms with Gasteiger partial charge in [-0.15, -0.1) is 0 Å². The Hall–Kier alpha value is -2.44. The Labute approximate surface area is 118 Å². The van der Waals surface area contributed by atoms with E-state index in [1.165, 1.54) is 31.5 Å². The lowest BCUT2D eigenvalue weighted by Gasteiger charge is -2.08. The first-order valence-corrected chi connectivity index (χ1v) is 5.98. The van der Waals surface area contributed by atoms with Crippen LogP contribution in [0.5, 0.6) is 5.75 Å². The molecule has 1 aromatic heterocycles. The maximum atomic E-state index is 12.6. The summed E-state index contributed by atoms with van der Waals surface area (Å²) in [6.45, 7) is 1.27. The number of ether oxygens (including phenoxy) is 1. The molecule has 0 N–H and O–H groups in total. The van der Waals surface area contributed by atoms with E-state index < -0.39 is 11.7 Å². The fourth-order valence-electron chi connectivity index (χ4n) is 1.56. The largest absolute Gasteiger partial charge is 0.483 e. The highest BCUT2D eigenvalue weighted by Crippen LogP contribution is 2.31. The number of halogens is 3. The molecule has 0 bridgehead atoms. The zero-order valence-electron chi connectivity index (χ0n) is 11.0. The lowest BCUT2D eigenvalue weighted by atomic mass is 10.1. The quantitative estimate of drug-likeness (QED) is 0.869. The van der Waals surface area contributed by atoms with Crippen molar-refractivity contribution in [3.8, 4) is 17.1 Å². The van der Waals surface area contributed by atoms with Crippen molar-refractivity contribution in [3.63, 3.8) is 0 Å². The summed E-state index contributed by atoms with van der Waals surface area (Å²) in [7, 11) is 0. The molecule has 0 aliphatic rings. The molecule has 0 atom stereocenters. The van der Waals surface area contributed by atoms with Crippen LogP contribution in [0, 0.1) is 0 Å². The topological polar surface area (TPSA) is 52.1 Å². The molecule has 0 aliphatic carbocycles. The van der Waals surface area contributed by atoms with Crippen LogP contribution < -0.4 is 4.74 Å². The highest BCUT2D eigenvalue weighted by molar-refractivity contribution is 5.77. The third-order valence-electron chi connectivity index (χ3n) is 2.52. The number of nitrogens with zero attached hydrogens (tertiary/aromatic N) is 2. The van der Waals surface area contributed by atoms with Crippen molar-refractivity contribution in [2.24, 2.45) is 0 Å². The number of benzene rings is 1. The minimum absolute atomic E-state index is 0.105. The van der Waals surface area contributed by atoms with Crippen molar-refractivity contribution in [1.82, 2.24) is 9.97 Å². The molecule has 0 fully saturated rings. The van der Waals surface area contributed by atoms with Crippen LogP contribution in [0.3, 0.4) is 0 Å². The first-order valence-electron chi connectivity index (χ1n) is 5.98. The molecule has 1 heterocycles. The zero-order chi connectivity index (χ0) is 15.5. The minimum Gasteiger partial charge on any atom is -0.483 e. The van der Waals surface area contributed by atoms with E-state index in [2.05, 4.69) is 9.97 Å².